The molecule has 1 aliphatic heterocycles. The predicted molar refractivity (Wildman–Crippen MR) is 54.8 cm³/mol. The van der Waals surface area contributed by atoms with Crippen LogP contribution in [0.2, 0.25) is 0 Å². The van der Waals surface area contributed by atoms with Crippen molar-refractivity contribution in [3.63, 3.8) is 0 Å². The lowest BCUT2D eigenvalue weighted by atomic mass is 10.2. The smallest absolute Gasteiger partial charge is 0.251 e. The molecule has 0 spiro atoms. The van der Waals surface area contributed by atoms with Gasteiger partial charge in [0.2, 0.25) is 0 Å². The molecule has 2 rings (SSSR count). The Labute approximate surface area is 95.8 Å². The van der Waals surface area contributed by atoms with Gasteiger partial charge in [0.25, 0.3) is 5.95 Å². The van der Waals surface area contributed by atoms with E-state index >= 15 is 0 Å². The summed E-state index contributed by atoms with van der Waals surface area (Å²) in [5.41, 5.74) is 0. The normalized spacial score (nSPS) is 22.6. The fourth-order valence-corrected chi connectivity index (χ4v) is 3.32. The van der Waals surface area contributed by atoms with Gasteiger partial charge in [-0.2, -0.15) is 9.37 Å². The molecule has 4 nitrogen and oxygen atoms in total. The van der Waals surface area contributed by atoms with Crippen LogP contribution in [0, 0.1) is 17.6 Å². The van der Waals surface area contributed by atoms with Crippen LogP contribution in [0.15, 0.2) is 6.07 Å². The molecule has 1 unspecified atom stereocenters. The second kappa shape index (κ2) is 4.17. The first-order valence-electron chi connectivity index (χ1n) is 4.86. The molecule has 0 bridgehead atoms. The highest BCUT2D eigenvalue weighted by Crippen LogP contribution is 2.19. The van der Waals surface area contributed by atoms with Crippen molar-refractivity contribution in [1.29, 1.82) is 0 Å². The van der Waals surface area contributed by atoms with E-state index < -0.39 is 39.3 Å². The van der Waals surface area contributed by atoms with Gasteiger partial charge in [-0.3, -0.25) is 0 Å². The van der Waals surface area contributed by atoms with Gasteiger partial charge < -0.3 is 5.32 Å². The second-order valence-corrected chi connectivity index (χ2v) is 6.06. The Morgan fingerprint density at radius 1 is 1.29 bits per heavy atom. The summed E-state index contributed by atoms with van der Waals surface area (Å²) in [6.07, 6.45) is 0.294. The van der Waals surface area contributed by atoms with E-state index in [0.29, 0.717) is 12.5 Å². The van der Waals surface area contributed by atoms with Crippen LogP contribution in [0.3, 0.4) is 0 Å². The minimum atomic E-state index is -3.13. The molecule has 0 saturated carbocycles. The van der Waals surface area contributed by atoms with Gasteiger partial charge in [-0.05, 0) is 6.42 Å². The highest BCUT2D eigenvalue weighted by atomic mass is 32.2. The van der Waals surface area contributed by atoms with Crippen LogP contribution in [0.25, 0.3) is 0 Å². The molecule has 1 fully saturated rings. The maximum absolute atomic E-state index is 13.2. The Balaban J connectivity index is 2.17. The monoisotopic (exact) mass is 266 g/mol. The molecule has 0 amide bonds. The SMILES string of the molecule is O=S1(=O)CCC(Nc2nc(F)c(F)cc2F)C1. The topological polar surface area (TPSA) is 59.1 Å². The van der Waals surface area contributed by atoms with Crippen molar-refractivity contribution < 1.29 is 21.6 Å². The van der Waals surface area contributed by atoms with Crippen LogP contribution in [0.4, 0.5) is 19.0 Å². The number of pyridine rings is 1. The Morgan fingerprint density at radius 3 is 2.59 bits per heavy atom. The van der Waals surface area contributed by atoms with Gasteiger partial charge in [0, 0.05) is 12.1 Å². The molecule has 1 atom stereocenters. The van der Waals surface area contributed by atoms with Crippen LogP contribution in [0.1, 0.15) is 6.42 Å². The van der Waals surface area contributed by atoms with Crippen molar-refractivity contribution in [2.45, 2.75) is 12.5 Å². The molecule has 0 aromatic carbocycles. The van der Waals surface area contributed by atoms with E-state index in [1.807, 2.05) is 0 Å². The predicted octanol–water partition coefficient (Wildman–Crippen LogP) is 1.10. The largest absolute Gasteiger partial charge is 0.364 e. The van der Waals surface area contributed by atoms with Crippen LogP contribution in [-0.4, -0.2) is 30.9 Å². The summed E-state index contributed by atoms with van der Waals surface area (Å²) >= 11 is 0. The van der Waals surface area contributed by atoms with Crippen molar-refractivity contribution in [1.82, 2.24) is 4.98 Å². The van der Waals surface area contributed by atoms with Crippen molar-refractivity contribution in [2.75, 3.05) is 16.8 Å². The zero-order chi connectivity index (χ0) is 12.6. The molecule has 0 aliphatic carbocycles. The van der Waals surface area contributed by atoms with Gasteiger partial charge in [-0.25, -0.2) is 17.2 Å². The first-order valence-corrected chi connectivity index (χ1v) is 6.68. The van der Waals surface area contributed by atoms with Crippen molar-refractivity contribution in [3.05, 3.63) is 23.6 Å². The Kier molecular flexibility index (Phi) is 2.98. The number of halogens is 3. The van der Waals surface area contributed by atoms with E-state index in [9.17, 15) is 21.6 Å². The fraction of sp³-hybridized carbons (Fsp3) is 0.444. The number of aromatic nitrogens is 1. The maximum Gasteiger partial charge on any atom is 0.251 e. The first kappa shape index (κ1) is 12.2. The molecule has 1 N–H and O–H groups in total. The molecule has 2 heterocycles. The zero-order valence-electron chi connectivity index (χ0n) is 8.58. The number of nitrogens with zero attached hydrogens (tertiary/aromatic N) is 1. The summed E-state index contributed by atoms with van der Waals surface area (Å²) in [5.74, 6) is -4.48. The summed E-state index contributed by atoms with van der Waals surface area (Å²) in [5, 5.41) is 2.46. The lowest BCUT2D eigenvalue weighted by molar-refractivity contribution is 0.465. The third-order valence-electron chi connectivity index (χ3n) is 2.46. The quantitative estimate of drug-likeness (QED) is 0.814. The van der Waals surface area contributed by atoms with E-state index in [-0.39, 0.29) is 11.5 Å². The van der Waals surface area contributed by atoms with Gasteiger partial charge >= 0.3 is 0 Å². The van der Waals surface area contributed by atoms with E-state index in [4.69, 9.17) is 0 Å². The van der Waals surface area contributed by atoms with Gasteiger partial charge in [0.1, 0.15) is 0 Å². The Bertz CT molecular complexity index is 547. The molecular weight excluding hydrogens is 257 g/mol. The standard InChI is InChI=1S/C9H9F3N2O2S/c10-6-3-7(11)9(14-8(6)12)13-5-1-2-17(15,16)4-5/h3,5H,1-2,4H2,(H,13,14). The number of sulfone groups is 1. The van der Waals surface area contributed by atoms with Gasteiger partial charge in [-0.15, -0.1) is 0 Å². The highest BCUT2D eigenvalue weighted by Gasteiger charge is 2.28. The molecule has 8 heteroatoms. The lowest BCUT2D eigenvalue weighted by Gasteiger charge is -2.12. The van der Waals surface area contributed by atoms with Crippen LogP contribution in [0.5, 0.6) is 0 Å². The Hall–Kier alpha value is -1.31. The minimum Gasteiger partial charge on any atom is -0.364 e. The van der Waals surface area contributed by atoms with E-state index in [1.54, 1.807) is 0 Å². The number of hydrogen-bond donors (Lipinski definition) is 1. The number of nitrogens with one attached hydrogen (secondary N) is 1. The lowest BCUT2D eigenvalue weighted by Crippen LogP contribution is -2.22. The molecule has 1 saturated heterocycles. The third kappa shape index (κ3) is 2.68. The van der Waals surface area contributed by atoms with Crippen LogP contribution >= 0.6 is 0 Å². The van der Waals surface area contributed by atoms with Crippen molar-refractivity contribution in [3.8, 4) is 0 Å². The number of rotatable bonds is 2. The van der Waals surface area contributed by atoms with Gasteiger partial charge in [-0.1, -0.05) is 0 Å². The second-order valence-electron chi connectivity index (χ2n) is 3.84. The summed E-state index contributed by atoms with van der Waals surface area (Å²) in [6.45, 7) is 0. The van der Waals surface area contributed by atoms with E-state index in [1.165, 1.54) is 0 Å². The van der Waals surface area contributed by atoms with Gasteiger partial charge in [0.05, 0.1) is 11.5 Å². The molecule has 1 aromatic rings. The van der Waals surface area contributed by atoms with Crippen molar-refractivity contribution in [2.24, 2.45) is 0 Å². The molecular formula is C9H9F3N2O2S. The first-order chi connectivity index (χ1) is 7.87. The van der Waals surface area contributed by atoms with Crippen LogP contribution in [-0.2, 0) is 9.84 Å². The molecule has 1 aromatic heterocycles. The summed E-state index contributed by atoms with van der Waals surface area (Å²) in [6, 6.07) is -0.152. The minimum absolute atomic E-state index is 0.00401. The summed E-state index contributed by atoms with van der Waals surface area (Å²) < 4.78 is 60.9. The Morgan fingerprint density at radius 2 is 2.00 bits per heavy atom. The molecule has 1 aliphatic rings. The fourth-order valence-electron chi connectivity index (χ4n) is 1.65. The molecule has 94 valence electrons. The average Bonchev–Trinajstić information content (AvgIpc) is 2.54. The van der Waals surface area contributed by atoms with E-state index in [2.05, 4.69) is 10.3 Å². The molecule has 17 heavy (non-hydrogen) atoms. The van der Waals surface area contributed by atoms with Crippen LogP contribution < -0.4 is 5.32 Å². The number of hydrogen-bond acceptors (Lipinski definition) is 4. The van der Waals surface area contributed by atoms with E-state index in [0.717, 1.165) is 0 Å². The van der Waals surface area contributed by atoms with Gasteiger partial charge in [0.15, 0.2) is 27.3 Å². The summed E-state index contributed by atoms with van der Waals surface area (Å²) in [4.78, 5) is 3.06. The number of anilines is 1. The summed E-state index contributed by atoms with van der Waals surface area (Å²) in [7, 11) is -3.13. The highest BCUT2D eigenvalue weighted by molar-refractivity contribution is 7.91. The average molecular weight is 266 g/mol. The molecule has 0 radical (unpaired) electrons. The maximum atomic E-state index is 13.2. The third-order valence-corrected chi connectivity index (χ3v) is 4.23. The zero-order valence-corrected chi connectivity index (χ0v) is 9.40. The van der Waals surface area contributed by atoms with Crippen molar-refractivity contribution >= 4 is 15.7 Å².